The highest BCUT2D eigenvalue weighted by molar-refractivity contribution is 7.30. The lowest BCUT2D eigenvalue weighted by Crippen LogP contribution is -1.90. The van der Waals surface area contributed by atoms with Crippen LogP contribution in [0, 0.1) is 0 Å². The fourth-order valence-electron chi connectivity index (χ4n) is 8.23. The molecule has 0 aliphatic rings. The number of hydrogen-bond donors (Lipinski definition) is 0. The van der Waals surface area contributed by atoms with E-state index in [0.29, 0.717) is 0 Å². The lowest BCUT2D eigenvalue weighted by Gasteiger charge is -2.18. The molecule has 0 bridgehead atoms. The zero-order chi connectivity index (χ0) is 32.8. The molecule has 0 amide bonds. The molecular weight excluding hydrogens is 641 g/mol. The van der Waals surface area contributed by atoms with Gasteiger partial charge in [-0.3, -0.25) is 0 Å². The average Bonchev–Trinajstić information content (AvgIpc) is 3.75. The second-order valence-corrected chi connectivity index (χ2v) is 15.3. The van der Waals surface area contributed by atoms with Crippen molar-refractivity contribution in [2.24, 2.45) is 0 Å². The SMILES string of the molecule is c1ccc(-c2ccc(-c3c4ccccc4c(-c4ccc5c(c4)sc4ccc6c(sc7ccc8ccccc8c76)c45)c4ccccc34)cc2)cc1. The molecular formula is C48H28S2. The fourth-order valence-corrected chi connectivity index (χ4v) is 10.7. The van der Waals surface area contributed by atoms with Crippen LogP contribution in [0.25, 0.3) is 106 Å². The summed E-state index contributed by atoms with van der Waals surface area (Å²) in [5, 5.41) is 13.3. The molecule has 9 aromatic carbocycles. The van der Waals surface area contributed by atoms with Crippen molar-refractivity contribution in [1.29, 1.82) is 0 Å². The molecule has 0 atom stereocenters. The van der Waals surface area contributed by atoms with Crippen LogP contribution in [0.4, 0.5) is 0 Å². The predicted molar refractivity (Wildman–Crippen MR) is 221 cm³/mol. The first-order valence-corrected chi connectivity index (χ1v) is 18.7. The van der Waals surface area contributed by atoms with Gasteiger partial charge < -0.3 is 0 Å². The van der Waals surface area contributed by atoms with E-state index >= 15 is 0 Å². The zero-order valence-corrected chi connectivity index (χ0v) is 28.6. The van der Waals surface area contributed by atoms with E-state index < -0.39 is 0 Å². The number of hydrogen-bond acceptors (Lipinski definition) is 2. The molecule has 2 aromatic heterocycles. The van der Waals surface area contributed by atoms with Crippen LogP contribution in [0.5, 0.6) is 0 Å². The molecule has 2 heterocycles. The van der Waals surface area contributed by atoms with Gasteiger partial charge in [-0.25, -0.2) is 0 Å². The highest BCUT2D eigenvalue weighted by atomic mass is 32.1. The molecule has 2 heteroatoms. The molecule has 0 aliphatic carbocycles. The Bertz CT molecular complexity index is 3070. The number of rotatable bonds is 3. The van der Waals surface area contributed by atoms with Crippen molar-refractivity contribution < 1.29 is 0 Å². The maximum Gasteiger partial charge on any atom is 0.0448 e. The summed E-state index contributed by atoms with van der Waals surface area (Å²) in [6, 6.07) is 62.9. The molecule has 232 valence electrons. The normalized spacial score (nSPS) is 12.0. The molecule has 0 saturated carbocycles. The number of thiophene rings is 2. The van der Waals surface area contributed by atoms with Crippen LogP contribution in [0.1, 0.15) is 0 Å². The van der Waals surface area contributed by atoms with Gasteiger partial charge in [0, 0.05) is 40.3 Å². The smallest absolute Gasteiger partial charge is 0.0448 e. The quantitative estimate of drug-likeness (QED) is 0.164. The Morgan fingerprint density at radius 1 is 0.280 bits per heavy atom. The van der Waals surface area contributed by atoms with Gasteiger partial charge in [0.1, 0.15) is 0 Å². The highest BCUT2D eigenvalue weighted by Gasteiger charge is 2.19. The Kier molecular flexibility index (Phi) is 6.09. The molecule has 11 aromatic rings. The molecule has 11 rings (SSSR count). The van der Waals surface area contributed by atoms with Crippen molar-refractivity contribution in [1.82, 2.24) is 0 Å². The minimum absolute atomic E-state index is 1.23. The van der Waals surface area contributed by atoms with Crippen LogP contribution in [-0.2, 0) is 0 Å². The standard InChI is InChI=1S/C48H28S2/c1-2-10-29(11-3-1)30-18-20-32(21-19-30)44-35-14-6-8-16-37(35)45(38-17-9-7-15-36(38)44)33-22-24-39-43(28-33)49-42-27-25-40-46-34-13-5-4-12-31(34)23-26-41(46)50-48(40)47(39)42/h1-28H. The van der Waals surface area contributed by atoms with Crippen molar-refractivity contribution in [2.75, 3.05) is 0 Å². The van der Waals surface area contributed by atoms with Gasteiger partial charge in [-0.1, -0.05) is 152 Å². The third-order valence-electron chi connectivity index (χ3n) is 10.5. The Labute approximate surface area is 297 Å². The van der Waals surface area contributed by atoms with E-state index in [1.54, 1.807) is 0 Å². The van der Waals surface area contributed by atoms with Gasteiger partial charge >= 0.3 is 0 Å². The van der Waals surface area contributed by atoms with Crippen molar-refractivity contribution in [3.05, 3.63) is 170 Å². The molecule has 0 N–H and O–H groups in total. The van der Waals surface area contributed by atoms with E-state index in [2.05, 4.69) is 170 Å². The Hall–Kier alpha value is -5.80. The number of fused-ring (bicyclic) bond motifs is 11. The topological polar surface area (TPSA) is 0 Å². The van der Waals surface area contributed by atoms with E-state index in [-0.39, 0.29) is 0 Å². The summed E-state index contributed by atoms with van der Waals surface area (Å²) in [5.41, 5.74) is 7.57. The summed E-state index contributed by atoms with van der Waals surface area (Å²) < 4.78 is 5.44. The third kappa shape index (κ3) is 4.10. The second kappa shape index (κ2) is 10.9. The summed E-state index contributed by atoms with van der Waals surface area (Å²) in [6.45, 7) is 0. The fraction of sp³-hybridized carbons (Fsp3) is 0. The van der Waals surface area contributed by atoms with Gasteiger partial charge in [0.15, 0.2) is 0 Å². The predicted octanol–water partition coefficient (Wildman–Crippen LogP) is 14.9. The first kappa shape index (κ1) is 28.1. The van der Waals surface area contributed by atoms with Crippen LogP contribution in [-0.4, -0.2) is 0 Å². The third-order valence-corrected chi connectivity index (χ3v) is 12.8. The first-order valence-electron chi connectivity index (χ1n) is 17.1. The van der Waals surface area contributed by atoms with Crippen molar-refractivity contribution in [3.63, 3.8) is 0 Å². The van der Waals surface area contributed by atoms with Gasteiger partial charge in [-0.15, -0.1) is 22.7 Å². The van der Waals surface area contributed by atoms with E-state index in [0.717, 1.165) is 0 Å². The Morgan fingerprint density at radius 3 is 1.52 bits per heavy atom. The van der Waals surface area contributed by atoms with Crippen molar-refractivity contribution in [3.8, 4) is 33.4 Å². The van der Waals surface area contributed by atoms with Gasteiger partial charge in [0.05, 0.1) is 0 Å². The number of benzene rings is 9. The molecule has 0 spiro atoms. The van der Waals surface area contributed by atoms with Crippen LogP contribution < -0.4 is 0 Å². The maximum absolute atomic E-state index is 2.44. The lowest BCUT2D eigenvalue weighted by molar-refractivity contribution is 1.61. The Balaban J connectivity index is 1.13. The van der Waals surface area contributed by atoms with Gasteiger partial charge in [-0.05, 0) is 83.9 Å². The Morgan fingerprint density at radius 2 is 0.800 bits per heavy atom. The lowest BCUT2D eigenvalue weighted by atomic mass is 9.85. The van der Waals surface area contributed by atoms with Crippen LogP contribution in [0.3, 0.4) is 0 Å². The van der Waals surface area contributed by atoms with Crippen molar-refractivity contribution in [2.45, 2.75) is 0 Å². The summed E-state index contributed by atoms with van der Waals surface area (Å²) in [7, 11) is 0. The molecule has 0 aliphatic heterocycles. The largest absolute Gasteiger partial charge is 0.135 e. The van der Waals surface area contributed by atoms with E-state index in [1.807, 2.05) is 22.7 Å². The maximum atomic E-state index is 2.44. The molecule has 0 radical (unpaired) electrons. The minimum Gasteiger partial charge on any atom is -0.135 e. The minimum atomic E-state index is 1.23. The monoisotopic (exact) mass is 668 g/mol. The summed E-state index contributed by atoms with van der Waals surface area (Å²) in [4.78, 5) is 0. The van der Waals surface area contributed by atoms with Gasteiger partial charge in [0.25, 0.3) is 0 Å². The second-order valence-electron chi connectivity index (χ2n) is 13.2. The molecule has 0 fully saturated rings. The molecule has 0 saturated heterocycles. The highest BCUT2D eigenvalue weighted by Crippen LogP contribution is 2.48. The van der Waals surface area contributed by atoms with Crippen LogP contribution in [0.15, 0.2) is 170 Å². The van der Waals surface area contributed by atoms with E-state index in [4.69, 9.17) is 0 Å². The molecule has 0 nitrogen and oxygen atoms in total. The molecule has 50 heavy (non-hydrogen) atoms. The average molecular weight is 669 g/mol. The van der Waals surface area contributed by atoms with E-state index in [9.17, 15) is 0 Å². The van der Waals surface area contributed by atoms with Gasteiger partial charge in [0.2, 0.25) is 0 Å². The summed E-state index contributed by atoms with van der Waals surface area (Å²) in [6.07, 6.45) is 0. The van der Waals surface area contributed by atoms with Crippen LogP contribution in [0.2, 0.25) is 0 Å². The first-order chi connectivity index (χ1) is 24.8. The van der Waals surface area contributed by atoms with Crippen molar-refractivity contribution >= 4 is 95.3 Å². The van der Waals surface area contributed by atoms with E-state index in [1.165, 1.54) is 106 Å². The molecule has 0 unspecified atom stereocenters. The summed E-state index contributed by atoms with van der Waals surface area (Å²) in [5.74, 6) is 0. The van der Waals surface area contributed by atoms with Gasteiger partial charge in [-0.2, -0.15) is 0 Å². The van der Waals surface area contributed by atoms with Crippen LogP contribution >= 0.6 is 22.7 Å². The summed E-state index contributed by atoms with van der Waals surface area (Å²) >= 11 is 3.85. The zero-order valence-electron chi connectivity index (χ0n) is 27.0.